The number of aromatic nitrogens is 1. The molecule has 6 nitrogen and oxygen atoms in total. The van der Waals surface area contributed by atoms with E-state index in [4.69, 9.17) is 5.11 Å². The first kappa shape index (κ1) is 13.5. The van der Waals surface area contributed by atoms with E-state index < -0.39 is 16.0 Å². The molecular formula is C13H16N2O4S. The van der Waals surface area contributed by atoms with Gasteiger partial charge in [0.2, 0.25) is 10.0 Å². The number of carboxylic acids is 1. The van der Waals surface area contributed by atoms with E-state index in [2.05, 4.69) is 9.71 Å². The lowest BCUT2D eigenvalue weighted by Gasteiger charge is -2.17. The van der Waals surface area contributed by atoms with Crippen molar-refractivity contribution in [1.29, 1.82) is 0 Å². The van der Waals surface area contributed by atoms with Crippen LogP contribution in [0.4, 0.5) is 0 Å². The van der Waals surface area contributed by atoms with E-state index in [-0.39, 0.29) is 16.6 Å². The largest absolute Gasteiger partial charge is 0.477 e. The molecule has 1 heterocycles. The first-order valence-corrected chi connectivity index (χ1v) is 8.17. The lowest BCUT2D eigenvalue weighted by atomic mass is 10.1. The molecule has 0 saturated heterocycles. The molecule has 2 aliphatic carbocycles. The highest BCUT2D eigenvalue weighted by Gasteiger charge is 2.43. The first-order chi connectivity index (χ1) is 9.47. The number of nitrogens with zero attached hydrogens (tertiary/aromatic N) is 1. The van der Waals surface area contributed by atoms with Gasteiger partial charge in [0.1, 0.15) is 10.6 Å². The molecule has 0 aliphatic heterocycles. The molecule has 3 rings (SSSR count). The van der Waals surface area contributed by atoms with E-state index in [0.29, 0.717) is 11.8 Å². The zero-order valence-corrected chi connectivity index (χ0v) is 11.6. The van der Waals surface area contributed by atoms with Crippen molar-refractivity contribution >= 4 is 16.0 Å². The van der Waals surface area contributed by atoms with Gasteiger partial charge in [0.05, 0.1) is 0 Å². The smallest absolute Gasteiger partial charge is 0.354 e. The molecule has 0 atom stereocenters. The van der Waals surface area contributed by atoms with Crippen LogP contribution in [0.1, 0.15) is 36.2 Å². The summed E-state index contributed by atoms with van der Waals surface area (Å²) in [7, 11) is -3.62. The van der Waals surface area contributed by atoms with Crippen LogP contribution in [0, 0.1) is 11.8 Å². The standard InChI is InChI=1S/C13H16N2O4S/c16-13(17)11-6-5-10(7-14-11)20(18,19)15-12(8-1-2-8)9-3-4-9/h5-9,12,15H,1-4H2,(H,16,17). The molecule has 108 valence electrons. The first-order valence-electron chi connectivity index (χ1n) is 6.69. The molecule has 7 heteroatoms. The highest BCUT2D eigenvalue weighted by Crippen LogP contribution is 2.45. The van der Waals surface area contributed by atoms with Crippen molar-refractivity contribution in [2.75, 3.05) is 0 Å². The van der Waals surface area contributed by atoms with Crippen LogP contribution in [-0.4, -0.2) is 30.5 Å². The number of hydrogen-bond acceptors (Lipinski definition) is 4. The Bertz CT molecular complexity index is 606. The molecule has 2 fully saturated rings. The Hall–Kier alpha value is -1.47. The Labute approximate surface area is 117 Å². The van der Waals surface area contributed by atoms with Crippen molar-refractivity contribution in [3.8, 4) is 0 Å². The van der Waals surface area contributed by atoms with Crippen LogP contribution >= 0.6 is 0 Å². The van der Waals surface area contributed by atoms with Gasteiger partial charge in [-0.2, -0.15) is 0 Å². The van der Waals surface area contributed by atoms with Gasteiger partial charge in [-0.05, 0) is 49.7 Å². The molecule has 0 radical (unpaired) electrons. The summed E-state index contributed by atoms with van der Waals surface area (Å²) < 4.78 is 27.3. The minimum atomic E-state index is -3.62. The van der Waals surface area contributed by atoms with Crippen LogP contribution in [0.15, 0.2) is 23.2 Å². The fourth-order valence-electron chi connectivity index (χ4n) is 2.40. The van der Waals surface area contributed by atoms with Crippen molar-refractivity contribution in [1.82, 2.24) is 9.71 Å². The molecule has 2 aliphatic rings. The molecule has 0 spiro atoms. The summed E-state index contributed by atoms with van der Waals surface area (Å²) in [5.41, 5.74) is -0.162. The Kier molecular flexibility index (Phi) is 3.25. The topological polar surface area (TPSA) is 96.4 Å². The SMILES string of the molecule is O=C(O)c1ccc(S(=O)(=O)NC(C2CC2)C2CC2)cn1. The van der Waals surface area contributed by atoms with E-state index >= 15 is 0 Å². The Morgan fingerprint density at radius 1 is 1.25 bits per heavy atom. The summed E-state index contributed by atoms with van der Waals surface area (Å²) in [5.74, 6) is -0.247. The molecule has 0 aromatic carbocycles. The van der Waals surface area contributed by atoms with E-state index in [1.54, 1.807) is 0 Å². The predicted octanol–water partition coefficient (Wildman–Crippen LogP) is 1.25. The molecule has 0 unspecified atom stereocenters. The number of carboxylic acid groups (broad SMARTS) is 1. The number of nitrogens with one attached hydrogen (secondary N) is 1. The fourth-order valence-corrected chi connectivity index (χ4v) is 3.72. The van der Waals surface area contributed by atoms with Crippen LogP contribution < -0.4 is 4.72 Å². The van der Waals surface area contributed by atoms with E-state index in [1.807, 2.05) is 0 Å². The third-order valence-electron chi connectivity index (χ3n) is 3.82. The van der Waals surface area contributed by atoms with Gasteiger partial charge < -0.3 is 5.11 Å². The third kappa shape index (κ3) is 2.83. The summed E-state index contributed by atoms with van der Waals surface area (Å²) in [5, 5.41) is 8.76. The Morgan fingerprint density at radius 3 is 2.25 bits per heavy atom. The monoisotopic (exact) mass is 296 g/mol. The Balaban J connectivity index is 1.78. The number of carbonyl (C=O) groups is 1. The maximum Gasteiger partial charge on any atom is 0.354 e. The fraction of sp³-hybridized carbons (Fsp3) is 0.538. The second-order valence-corrected chi connectivity index (χ2v) is 7.22. The maximum atomic E-state index is 12.3. The number of hydrogen-bond donors (Lipinski definition) is 2. The minimum Gasteiger partial charge on any atom is -0.477 e. The number of pyridine rings is 1. The highest BCUT2D eigenvalue weighted by atomic mass is 32.2. The van der Waals surface area contributed by atoms with Gasteiger partial charge in [-0.15, -0.1) is 0 Å². The van der Waals surface area contributed by atoms with Crippen LogP contribution in [0.2, 0.25) is 0 Å². The van der Waals surface area contributed by atoms with Gasteiger partial charge in [0.25, 0.3) is 0 Å². The van der Waals surface area contributed by atoms with Crippen molar-refractivity contribution < 1.29 is 18.3 Å². The summed E-state index contributed by atoms with van der Waals surface area (Å²) >= 11 is 0. The molecule has 0 bridgehead atoms. The summed E-state index contributed by atoms with van der Waals surface area (Å²) in [6, 6.07) is 2.52. The normalized spacial score (nSPS) is 19.2. The van der Waals surface area contributed by atoms with Crippen molar-refractivity contribution in [2.24, 2.45) is 11.8 Å². The summed E-state index contributed by atoms with van der Waals surface area (Å²) in [6.45, 7) is 0. The summed E-state index contributed by atoms with van der Waals surface area (Å²) in [6.07, 6.45) is 5.43. The molecule has 1 aromatic heterocycles. The van der Waals surface area contributed by atoms with E-state index in [9.17, 15) is 13.2 Å². The predicted molar refractivity (Wildman–Crippen MR) is 70.8 cm³/mol. The van der Waals surface area contributed by atoms with Gasteiger partial charge >= 0.3 is 5.97 Å². The quantitative estimate of drug-likeness (QED) is 0.823. The van der Waals surface area contributed by atoms with E-state index in [1.165, 1.54) is 12.1 Å². The van der Waals surface area contributed by atoms with Gasteiger partial charge in [-0.3, -0.25) is 0 Å². The van der Waals surface area contributed by atoms with Crippen LogP contribution in [0.5, 0.6) is 0 Å². The van der Waals surface area contributed by atoms with Crippen molar-refractivity contribution in [3.63, 3.8) is 0 Å². The Morgan fingerprint density at radius 2 is 1.85 bits per heavy atom. The zero-order chi connectivity index (χ0) is 14.3. The van der Waals surface area contributed by atoms with Crippen molar-refractivity contribution in [3.05, 3.63) is 24.0 Å². The molecular weight excluding hydrogens is 280 g/mol. The van der Waals surface area contributed by atoms with E-state index in [0.717, 1.165) is 31.9 Å². The van der Waals surface area contributed by atoms with Crippen molar-refractivity contribution in [2.45, 2.75) is 36.6 Å². The maximum absolute atomic E-state index is 12.3. The van der Waals surface area contributed by atoms with Gasteiger partial charge in [0.15, 0.2) is 0 Å². The average molecular weight is 296 g/mol. The second kappa shape index (κ2) is 4.82. The van der Waals surface area contributed by atoms with Crippen LogP contribution in [0.3, 0.4) is 0 Å². The number of aromatic carboxylic acids is 1. The average Bonchev–Trinajstić information content (AvgIpc) is 3.29. The zero-order valence-electron chi connectivity index (χ0n) is 10.8. The second-order valence-electron chi connectivity index (χ2n) is 5.51. The molecule has 2 N–H and O–H groups in total. The number of rotatable bonds is 6. The molecule has 2 saturated carbocycles. The highest BCUT2D eigenvalue weighted by molar-refractivity contribution is 7.89. The minimum absolute atomic E-state index is 0.0220. The van der Waals surface area contributed by atoms with Crippen LogP contribution in [0.25, 0.3) is 0 Å². The molecule has 0 amide bonds. The lowest BCUT2D eigenvalue weighted by molar-refractivity contribution is 0.0690. The summed E-state index contributed by atoms with van der Waals surface area (Å²) in [4.78, 5) is 14.4. The lowest BCUT2D eigenvalue weighted by Crippen LogP contribution is -2.38. The van der Waals surface area contributed by atoms with Gasteiger partial charge in [-0.25, -0.2) is 22.9 Å². The number of sulfonamides is 1. The third-order valence-corrected chi connectivity index (χ3v) is 5.26. The van der Waals surface area contributed by atoms with Gasteiger partial charge in [0, 0.05) is 12.2 Å². The van der Waals surface area contributed by atoms with Crippen LogP contribution in [-0.2, 0) is 10.0 Å². The van der Waals surface area contributed by atoms with Gasteiger partial charge in [-0.1, -0.05) is 0 Å². The molecule has 20 heavy (non-hydrogen) atoms. The molecule has 1 aromatic rings.